The molecule has 1 amide bonds. The summed E-state index contributed by atoms with van der Waals surface area (Å²) >= 11 is 0. The standard InChI is InChI=1S/C18H25F3N2O/c1-17(2,22)16(24)23-10-4-6-14(12-23)9-8-13-5-3-7-15(11-13)18(19,20)21/h3,5,7,11,14H,4,6,8-10,12,22H2,1-2H3/t14-/m1/s1. The Labute approximate surface area is 141 Å². The Hall–Kier alpha value is -1.56. The van der Waals surface area contributed by atoms with Crippen molar-refractivity contribution in [3.05, 3.63) is 35.4 Å². The number of rotatable bonds is 4. The average molecular weight is 342 g/mol. The zero-order chi connectivity index (χ0) is 18.0. The van der Waals surface area contributed by atoms with E-state index in [4.69, 9.17) is 5.73 Å². The fourth-order valence-corrected chi connectivity index (χ4v) is 3.17. The van der Waals surface area contributed by atoms with Crippen molar-refractivity contribution in [1.29, 1.82) is 0 Å². The average Bonchev–Trinajstić information content (AvgIpc) is 2.51. The van der Waals surface area contributed by atoms with Crippen molar-refractivity contribution < 1.29 is 18.0 Å². The number of nitrogens with two attached hydrogens (primary N) is 1. The molecule has 1 aliphatic rings. The Morgan fingerprint density at radius 1 is 1.33 bits per heavy atom. The summed E-state index contributed by atoms with van der Waals surface area (Å²) in [6.07, 6.45) is -1.04. The minimum atomic E-state index is -4.31. The van der Waals surface area contributed by atoms with Gasteiger partial charge < -0.3 is 10.6 Å². The van der Waals surface area contributed by atoms with Gasteiger partial charge in [-0.15, -0.1) is 0 Å². The second-order valence-electron chi connectivity index (χ2n) is 7.22. The lowest BCUT2D eigenvalue weighted by Crippen LogP contribution is -2.53. The molecule has 0 bridgehead atoms. The van der Waals surface area contributed by atoms with Crippen molar-refractivity contribution in [2.24, 2.45) is 11.7 Å². The highest BCUT2D eigenvalue weighted by molar-refractivity contribution is 5.85. The summed E-state index contributed by atoms with van der Waals surface area (Å²) in [5, 5.41) is 0. The van der Waals surface area contributed by atoms with Crippen LogP contribution in [0.5, 0.6) is 0 Å². The topological polar surface area (TPSA) is 46.3 Å². The molecule has 1 heterocycles. The molecule has 0 aromatic heterocycles. The third-order valence-electron chi connectivity index (χ3n) is 4.45. The molecule has 2 N–H and O–H groups in total. The summed E-state index contributed by atoms with van der Waals surface area (Å²) in [7, 11) is 0. The van der Waals surface area contributed by atoms with Crippen molar-refractivity contribution >= 4 is 5.91 Å². The van der Waals surface area contributed by atoms with Gasteiger partial charge in [-0.3, -0.25) is 4.79 Å². The molecule has 134 valence electrons. The summed E-state index contributed by atoms with van der Waals surface area (Å²) in [6, 6.07) is 5.48. The van der Waals surface area contributed by atoms with E-state index in [-0.39, 0.29) is 5.91 Å². The van der Waals surface area contributed by atoms with Crippen LogP contribution in [0.1, 0.15) is 44.2 Å². The number of hydrogen-bond donors (Lipinski definition) is 1. The number of carbonyl (C=O) groups is 1. The van der Waals surface area contributed by atoms with E-state index in [0.717, 1.165) is 25.3 Å². The number of likely N-dealkylation sites (tertiary alicyclic amines) is 1. The monoisotopic (exact) mass is 342 g/mol. The largest absolute Gasteiger partial charge is 0.416 e. The van der Waals surface area contributed by atoms with Gasteiger partial charge in [-0.25, -0.2) is 0 Å². The van der Waals surface area contributed by atoms with Gasteiger partial charge in [0.15, 0.2) is 0 Å². The lowest BCUT2D eigenvalue weighted by atomic mass is 9.90. The fraction of sp³-hybridized carbons (Fsp3) is 0.611. The van der Waals surface area contributed by atoms with E-state index in [0.29, 0.717) is 31.0 Å². The molecule has 0 radical (unpaired) electrons. The SMILES string of the molecule is CC(C)(N)C(=O)N1CCC[C@H](CCc2cccc(C(F)(F)F)c2)C1. The maximum Gasteiger partial charge on any atom is 0.416 e. The van der Waals surface area contributed by atoms with Crippen LogP contribution in [0.4, 0.5) is 13.2 Å². The quantitative estimate of drug-likeness (QED) is 0.908. The van der Waals surface area contributed by atoms with Gasteiger partial charge in [0.05, 0.1) is 11.1 Å². The number of benzene rings is 1. The molecule has 6 heteroatoms. The first-order valence-electron chi connectivity index (χ1n) is 8.32. The molecular weight excluding hydrogens is 317 g/mol. The third kappa shape index (κ3) is 4.97. The van der Waals surface area contributed by atoms with E-state index in [9.17, 15) is 18.0 Å². The summed E-state index contributed by atoms with van der Waals surface area (Å²) < 4.78 is 38.3. The Bertz CT molecular complexity index is 578. The molecular formula is C18H25F3N2O. The molecule has 2 rings (SSSR count). The molecule has 0 saturated carbocycles. The third-order valence-corrected chi connectivity index (χ3v) is 4.45. The minimum absolute atomic E-state index is 0.0636. The van der Waals surface area contributed by atoms with E-state index < -0.39 is 17.3 Å². The van der Waals surface area contributed by atoms with E-state index >= 15 is 0 Å². The first kappa shape index (κ1) is 18.8. The molecule has 1 atom stereocenters. The van der Waals surface area contributed by atoms with Crippen LogP contribution in [0, 0.1) is 5.92 Å². The molecule has 3 nitrogen and oxygen atoms in total. The fourth-order valence-electron chi connectivity index (χ4n) is 3.17. The molecule has 1 aliphatic heterocycles. The maximum atomic E-state index is 12.8. The van der Waals surface area contributed by atoms with Crippen LogP contribution in [-0.2, 0) is 17.4 Å². The number of piperidine rings is 1. The number of halogens is 3. The normalized spacial score (nSPS) is 19.4. The first-order valence-corrected chi connectivity index (χ1v) is 8.32. The van der Waals surface area contributed by atoms with Crippen LogP contribution >= 0.6 is 0 Å². The zero-order valence-corrected chi connectivity index (χ0v) is 14.2. The summed E-state index contributed by atoms with van der Waals surface area (Å²) in [5.41, 5.74) is 5.08. The van der Waals surface area contributed by atoms with Gasteiger partial charge in [-0.1, -0.05) is 18.2 Å². The van der Waals surface area contributed by atoms with E-state index in [2.05, 4.69) is 0 Å². The smallest absolute Gasteiger partial charge is 0.341 e. The second-order valence-corrected chi connectivity index (χ2v) is 7.22. The van der Waals surface area contributed by atoms with Gasteiger partial charge in [-0.2, -0.15) is 13.2 Å². The van der Waals surface area contributed by atoms with E-state index in [1.807, 2.05) is 0 Å². The predicted molar refractivity (Wildman–Crippen MR) is 87.3 cm³/mol. The van der Waals surface area contributed by atoms with Crippen LogP contribution in [-0.4, -0.2) is 29.4 Å². The van der Waals surface area contributed by atoms with Crippen molar-refractivity contribution in [2.75, 3.05) is 13.1 Å². The highest BCUT2D eigenvalue weighted by Crippen LogP contribution is 2.30. The molecule has 24 heavy (non-hydrogen) atoms. The van der Waals surface area contributed by atoms with Crippen molar-refractivity contribution in [1.82, 2.24) is 4.90 Å². The number of carbonyl (C=O) groups excluding carboxylic acids is 1. The van der Waals surface area contributed by atoms with Gasteiger partial charge in [0.25, 0.3) is 0 Å². The molecule has 0 unspecified atom stereocenters. The summed E-state index contributed by atoms with van der Waals surface area (Å²) in [4.78, 5) is 14.1. The number of alkyl halides is 3. The zero-order valence-electron chi connectivity index (χ0n) is 14.2. The van der Waals surface area contributed by atoms with Crippen molar-refractivity contribution in [3.8, 4) is 0 Å². The van der Waals surface area contributed by atoms with E-state index in [1.54, 1.807) is 24.8 Å². The maximum absolute atomic E-state index is 12.8. The van der Waals surface area contributed by atoms with Crippen LogP contribution in [0.15, 0.2) is 24.3 Å². The molecule has 1 saturated heterocycles. The van der Waals surface area contributed by atoms with Crippen molar-refractivity contribution in [2.45, 2.75) is 51.2 Å². The van der Waals surface area contributed by atoms with E-state index in [1.165, 1.54) is 12.1 Å². The van der Waals surface area contributed by atoms with Crippen LogP contribution in [0.25, 0.3) is 0 Å². The first-order chi connectivity index (χ1) is 11.1. The Balaban J connectivity index is 1.94. The Morgan fingerprint density at radius 3 is 2.67 bits per heavy atom. The highest BCUT2D eigenvalue weighted by Gasteiger charge is 2.32. The van der Waals surface area contributed by atoms with Crippen molar-refractivity contribution in [3.63, 3.8) is 0 Å². The lowest BCUT2D eigenvalue weighted by molar-refractivity contribution is -0.138. The second kappa shape index (κ2) is 7.13. The molecule has 1 fully saturated rings. The predicted octanol–water partition coefficient (Wildman–Crippen LogP) is 3.61. The molecule has 1 aromatic carbocycles. The van der Waals surface area contributed by atoms with Crippen LogP contribution < -0.4 is 5.73 Å². The van der Waals surface area contributed by atoms with Gasteiger partial charge >= 0.3 is 6.18 Å². The number of nitrogens with zero attached hydrogens (tertiary/aromatic N) is 1. The molecule has 1 aromatic rings. The lowest BCUT2D eigenvalue weighted by Gasteiger charge is -2.36. The van der Waals surface area contributed by atoms with Gasteiger partial charge in [0.2, 0.25) is 5.91 Å². The molecule has 0 aliphatic carbocycles. The highest BCUT2D eigenvalue weighted by atomic mass is 19.4. The number of aryl methyl sites for hydroxylation is 1. The Kier molecular flexibility index (Phi) is 5.58. The van der Waals surface area contributed by atoms with Gasteiger partial charge in [0, 0.05) is 13.1 Å². The molecule has 0 spiro atoms. The summed E-state index contributed by atoms with van der Waals surface area (Å²) in [6.45, 7) is 4.74. The minimum Gasteiger partial charge on any atom is -0.341 e. The number of amides is 1. The van der Waals surface area contributed by atoms with Crippen LogP contribution in [0.3, 0.4) is 0 Å². The van der Waals surface area contributed by atoms with Gasteiger partial charge in [-0.05, 0) is 57.1 Å². The van der Waals surface area contributed by atoms with Gasteiger partial charge in [0.1, 0.15) is 0 Å². The van der Waals surface area contributed by atoms with Crippen LogP contribution in [0.2, 0.25) is 0 Å². The Morgan fingerprint density at radius 2 is 2.04 bits per heavy atom. The number of hydrogen-bond acceptors (Lipinski definition) is 2. The summed E-state index contributed by atoms with van der Waals surface area (Å²) in [5.74, 6) is 0.242.